The predicted molar refractivity (Wildman–Crippen MR) is 87.0 cm³/mol. The Hall–Kier alpha value is -2.75. The van der Waals surface area contributed by atoms with Gasteiger partial charge in [-0.2, -0.15) is 0 Å². The molecule has 21 heavy (non-hydrogen) atoms. The lowest BCUT2D eigenvalue weighted by Gasteiger charge is -2.12. The number of para-hydroxylation sites is 2. The number of nitrogens with two attached hydrogens (primary N) is 1. The first-order valence-corrected chi connectivity index (χ1v) is 6.91. The van der Waals surface area contributed by atoms with Gasteiger partial charge in [-0.25, -0.2) is 4.98 Å². The summed E-state index contributed by atoms with van der Waals surface area (Å²) in [5.74, 6) is 1.60. The van der Waals surface area contributed by atoms with Crippen LogP contribution in [0.15, 0.2) is 54.6 Å². The van der Waals surface area contributed by atoms with Crippen molar-refractivity contribution in [2.75, 3.05) is 17.7 Å². The van der Waals surface area contributed by atoms with Gasteiger partial charge in [0.2, 0.25) is 0 Å². The van der Waals surface area contributed by atoms with Gasteiger partial charge in [0.05, 0.1) is 17.8 Å². The van der Waals surface area contributed by atoms with Gasteiger partial charge in [-0.05, 0) is 49.4 Å². The van der Waals surface area contributed by atoms with Gasteiger partial charge < -0.3 is 15.8 Å². The maximum Gasteiger partial charge on any atom is 0.142 e. The molecule has 0 bridgehead atoms. The summed E-state index contributed by atoms with van der Waals surface area (Å²) in [4.78, 5) is 4.59. The van der Waals surface area contributed by atoms with E-state index < -0.39 is 0 Å². The molecule has 0 saturated heterocycles. The summed E-state index contributed by atoms with van der Waals surface area (Å²) in [6.45, 7) is 2.60. The highest BCUT2D eigenvalue weighted by Gasteiger charge is 2.04. The Kier molecular flexibility index (Phi) is 3.60. The minimum Gasteiger partial charge on any atom is -0.492 e. The van der Waals surface area contributed by atoms with Crippen molar-refractivity contribution < 1.29 is 4.74 Å². The minimum atomic E-state index is 0.628. The van der Waals surface area contributed by atoms with Gasteiger partial charge in [-0.15, -0.1) is 0 Å². The van der Waals surface area contributed by atoms with E-state index in [2.05, 4.69) is 10.3 Å². The fraction of sp³-hybridized carbons (Fsp3) is 0.118. The van der Waals surface area contributed by atoms with Crippen molar-refractivity contribution in [1.82, 2.24) is 4.98 Å². The molecule has 0 radical (unpaired) electrons. The van der Waals surface area contributed by atoms with Gasteiger partial charge >= 0.3 is 0 Å². The van der Waals surface area contributed by atoms with E-state index in [1.807, 2.05) is 61.5 Å². The number of anilines is 3. The van der Waals surface area contributed by atoms with Crippen LogP contribution in [0.2, 0.25) is 0 Å². The number of aromatic nitrogens is 1. The molecule has 106 valence electrons. The Balaban J connectivity index is 1.93. The van der Waals surface area contributed by atoms with Crippen molar-refractivity contribution in [1.29, 1.82) is 0 Å². The highest BCUT2D eigenvalue weighted by molar-refractivity contribution is 5.84. The van der Waals surface area contributed by atoms with Crippen LogP contribution in [0.25, 0.3) is 10.9 Å². The minimum absolute atomic E-state index is 0.628. The molecule has 1 aromatic heterocycles. The van der Waals surface area contributed by atoms with Crippen LogP contribution < -0.4 is 15.8 Å². The van der Waals surface area contributed by atoms with Crippen molar-refractivity contribution >= 4 is 28.1 Å². The number of benzene rings is 2. The average Bonchev–Trinajstić information content (AvgIpc) is 2.50. The van der Waals surface area contributed by atoms with Crippen LogP contribution in [0.1, 0.15) is 6.92 Å². The second-order valence-electron chi connectivity index (χ2n) is 4.70. The molecule has 0 fully saturated rings. The molecule has 2 aromatic carbocycles. The molecule has 1 heterocycles. The first kappa shape index (κ1) is 13.2. The lowest BCUT2D eigenvalue weighted by Crippen LogP contribution is -1.99. The molecule has 0 saturated carbocycles. The number of nitrogens with one attached hydrogen (secondary N) is 1. The topological polar surface area (TPSA) is 60.2 Å². The van der Waals surface area contributed by atoms with Gasteiger partial charge in [0.1, 0.15) is 11.6 Å². The monoisotopic (exact) mass is 279 g/mol. The largest absolute Gasteiger partial charge is 0.492 e. The second-order valence-corrected chi connectivity index (χ2v) is 4.70. The number of nitrogens with zero attached hydrogens (tertiary/aromatic N) is 1. The molecular formula is C17H17N3O. The number of fused-ring (bicyclic) bond motifs is 1. The molecule has 0 amide bonds. The van der Waals surface area contributed by atoms with E-state index in [1.165, 1.54) is 0 Å². The molecule has 0 unspecified atom stereocenters. The van der Waals surface area contributed by atoms with E-state index in [9.17, 15) is 0 Å². The Bertz CT molecular complexity index is 771. The fourth-order valence-corrected chi connectivity index (χ4v) is 2.20. The normalized spacial score (nSPS) is 10.5. The molecular weight excluding hydrogens is 262 g/mol. The molecule has 0 aliphatic heterocycles. The maximum atomic E-state index is 5.78. The number of hydrogen-bond acceptors (Lipinski definition) is 4. The highest BCUT2D eigenvalue weighted by atomic mass is 16.5. The zero-order chi connectivity index (χ0) is 14.7. The van der Waals surface area contributed by atoms with Gasteiger partial charge in [0.15, 0.2) is 0 Å². The molecule has 4 nitrogen and oxygen atoms in total. The van der Waals surface area contributed by atoms with Crippen molar-refractivity contribution in [2.45, 2.75) is 6.92 Å². The first-order chi connectivity index (χ1) is 10.3. The molecule has 0 aliphatic rings. The van der Waals surface area contributed by atoms with E-state index in [0.29, 0.717) is 6.61 Å². The van der Waals surface area contributed by atoms with Crippen LogP contribution >= 0.6 is 0 Å². The Morgan fingerprint density at radius 1 is 1.10 bits per heavy atom. The molecule has 4 heteroatoms. The Morgan fingerprint density at radius 2 is 1.95 bits per heavy atom. The van der Waals surface area contributed by atoms with Gasteiger partial charge in [0, 0.05) is 11.1 Å². The second kappa shape index (κ2) is 5.71. The zero-order valence-electron chi connectivity index (χ0n) is 11.8. The third kappa shape index (κ3) is 2.89. The van der Waals surface area contributed by atoms with Crippen LogP contribution in [0.3, 0.4) is 0 Å². The number of hydrogen-bond donors (Lipinski definition) is 2. The summed E-state index contributed by atoms with van der Waals surface area (Å²) in [6, 6.07) is 17.5. The fourth-order valence-electron chi connectivity index (χ4n) is 2.20. The Labute approximate surface area is 123 Å². The third-order valence-electron chi connectivity index (χ3n) is 3.16. The van der Waals surface area contributed by atoms with Crippen molar-refractivity contribution in [3.63, 3.8) is 0 Å². The van der Waals surface area contributed by atoms with E-state index in [-0.39, 0.29) is 0 Å². The molecule has 0 atom stereocenters. The van der Waals surface area contributed by atoms with Crippen LogP contribution in [-0.2, 0) is 0 Å². The first-order valence-electron chi connectivity index (χ1n) is 6.91. The molecule has 0 spiro atoms. The lowest BCUT2D eigenvalue weighted by molar-refractivity contribution is 0.342. The third-order valence-corrected chi connectivity index (χ3v) is 3.16. The van der Waals surface area contributed by atoms with Crippen LogP contribution in [0, 0.1) is 0 Å². The van der Waals surface area contributed by atoms with Crippen molar-refractivity contribution in [2.24, 2.45) is 0 Å². The van der Waals surface area contributed by atoms with Crippen molar-refractivity contribution in [3.8, 4) is 5.75 Å². The average molecular weight is 279 g/mol. The van der Waals surface area contributed by atoms with Gasteiger partial charge in [-0.1, -0.05) is 12.1 Å². The van der Waals surface area contributed by atoms with Crippen LogP contribution in [0.5, 0.6) is 5.75 Å². The smallest absolute Gasteiger partial charge is 0.142 e. The Morgan fingerprint density at radius 3 is 2.81 bits per heavy atom. The predicted octanol–water partition coefficient (Wildman–Crippen LogP) is 3.96. The molecule has 0 aliphatic carbocycles. The zero-order valence-corrected chi connectivity index (χ0v) is 11.8. The highest BCUT2D eigenvalue weighted by Crippen LogP contribution is 2.27. The summed E-state index contributed by atoms with van der Waals surface area (Å²) >= 11 is 0. The number of nitrogen functional groups attached to an aromatic ring is 1. The summed E-state index contributed by atoms with van der Waals surface area (Å²) in [5, 5.41) is 4.32. The SMILES string of the molecule is CCOc1ccccc1Nc1ccc2cc(N)ccc2n1. The van der Waals surface area contributed by atoms with E-state index in [0.717, 1.165) is 33.8 Å². The molecule has 3 N–H and O–H groups in total. The number of ether oxygens (including phenoxy) is 1. The summed E-state index contributed by atoms with van der Waals surface area (Å²) < 4.78 is 5.61. The molecule has 3 rings (SSSR count). The number of rotatable bonds is 4. The van der Waals surface area contributed by atoms with Crippen LogP contribution in [0.4, 0.5) is 17.2 Å². The standard InChI is InChI=1S/C17H17N3O/c1-2-21-16-6-4-3-5-15(16)20-17-10-7-12-11-13(18)8-9-14(12)19-17/h3-11H,2,18H2,1H3,(H,19,20). The van der Waals surface area contributed by atoms with Gasteiger partial charge in [0.25, 0.3) is 0 Å². The lowest BCUT2D eigenvalue weighted by atomic mass is 10.2. The van der Waals surface area contributed by atoms with Crippen molar-refractivity contribution in [3.05, 3.63) is 54.6 Å². The van der Waals surface area contributed by atoms with Crippen LogP contribution in [-0.4, -0.2) is 11.6 Å². The summed E-state index contributed by atoms with van der Waals surface area (Å²) in [6.07, 6.45) is 0. The quantitative estimate of drug-likeness (QED) is 0.710. The maximum absolute atomic E-state index is 5.78. The van der Waals surface area contributed by atoms with E-state index in [1.54, 1.807) is 0 Å². The van der Waals surface area contributed by atoms with E-state index in [4.69, 9.17) is 10.5 Å². The van der Waals surface area contributed by atoms with E-state index >= 15 is 0 Å². The summed E-state index contributed by atoms with van der Waals surface area (Å²) in [7, 11) is 0. The summed E-state index contributed by atoms with van der Waals surface area (Å²) in [5.41, 5.74) is 8.33. The van der Waals surface area contributed by atoms with Gasteiger partial charge in [-0.3, -0.25) is 0 Å². The number of pyridine rings is 1. The molecule has 3 aromatic rings.